The lowest BCUT2D eigenvalue weighted by Gasteiger charge is -2.08. The molecule has 0 spiro atoms. The smallest absolute Gasteiger partial charge is 0.270 e. The molecule has 0 bridgehead atoms. The van der Waals surface area contributed by atoms with Gasteiger partial charge in [-0.1, -0.05) is 30.3 Å². The number of nitrogens with one attached hydrogen (secondary N) is 1. The fourth-order valence-corrected chi connectivity index (χ4v) is 4.25. The molecule has 0 aliphatic carbocycles. The minimum Gasteiger partial charge on any atom is -0.497 e. The summed E-state index contributed by atoms with van der Waals surface area (Å²) in [5, 5.41) is 5.50. The zero-order valence-corrected chi connectivity index (χ0v) is 19.9. The Balaban J connectivity index is 1.31. The first-order valence-electron chi connectivity index (χ1n) is 10.9. The van der Waals surface area contributed by atoms with E-state index in [1.54, 1.807) is 19.6 Å². The first-order chi connectivity index (χ1) is 16.7. The predicted molar refractivity (Wildman–Crippen MR) is 134 cm³/mol. The van der Waals surface area contributed by atoms with Crippen molar-refractivity contribution in [2.24, 2.45) is 0 Å². The molecule has 4 aromatic rings. The van der Waals surface area contributed by atoms with Crippen LogP contribution >= 0.6 is 11.3 Å². The second kappa shape index (κ2) is 11.3. The van der Waals surface area contributed by atoms with Gasteiger partial charge in [0.1, 0.15) is 34.6 Å². The summed E-state index contributed by atoms with van der Waals surface area (Å²) >= 11 is 1.44. The molecule has 4 rings (SSSR count). The van der Waals surface area contributed by atoms with Crippen LogP contribution in [-0.2, 0) is 13.0 Å². The molecule has 1 aromatic heterocycles. The second-order valence-electron chi connectivity index (χ2n) is 7.52. The molecule has 34 heavy (non-hydrogen) atoms. The molecule has 1 N–H and O–H groups in total. The maximum absolute atomic E-state index is 12.5. The molecule has 0 aliphatic rings. The number of carbonyl (C=O) groups is 1. The van der Waals surface area contributed by atoms with Crippen molar-refractivity contribution >= 4 is 17.2 Å². The third kappa shape index (κ3) is 5.94. The van der Waals surface area contributed by atoms with Crippen LogP contribution in [0.2, 0.25) is 0 Å². The minimum atomic E-state index is -0.185. The van der Waals surface area contributed by atoms with Crippen LogP contribution in [0, 0.1) is 0 Å². The van der Waals surface area contributed by atoms with E-state index in [9.17, 15) is 4.79 Å². The van der Waals surface area contributed by atoms with Crippen molar-refractivity contribution in [3.05, 3.63) is 95.0 Å². The van der Waals surface area contributed by atoms with Gasteiger partial charge in [0.2, 0.25) is 0 Å². The van der Waals surface area contributed by atoms with E-state index < -0.39 is 0 Å². The number of nitrogens with zero attached hydrogens (tertiary/aromatic N) is 1. The number of ether oxygens (including phenoxy) is 3. The molecule has 0 radical (unpaired) electrons. The maximum atomic E-state index is 12.5. The Hall–Kier alpha value is -3.84. The molecule has 0 atom stereocenters. The monoisotopic (exact) mass is 474 g/mol. The fraction of sp³-hybridized carbons (Fsp3) is 0.185. The van der Waals surface area contributed by atoms with Gasteiger partial charge in [-0.3, -0.25) is 4.79 Å². The van der Waals surface area contributed by atoms with E-state index in [2.05, 4.69) is 10.3 Å². The third-order valence-electron chi connectivity index (χ3n) is 5.25. The highest BCUT2D eigenvalue weighted by Crippen LogP contribution is 2.26. The maximum Gasteiger partial charge on any atom is 0.270 e. The fourth-order valence-electron chi connectivity index (χ4n) is 3.44. The highest BCUT2D eigenvalue weighted by atomic mass is 32.1. The molecule has 0 aliphatic heterocycles. The Kier molecular flexibility index (Phi) is 7.78. The first kappa shape index (κ1) is 23.3. The summed E-state index contributed by atoms with van der Waals surface area (Å²) in [6, 6.07) is 23.3. The van der Waals surface area contributed by atoms with E-state index in [-0.39, 0.29) is 5.91 Å². The molecule has 0 unspecified atom stereocenters. The van der Waals surface area contributed by atoms with E-state index in [4.69, 9.17) is 14.2 Å². The van der Waals surface area contributed by atoms with Crippen molar-refractivity contribution in [1.82, 2.24) is 10.3 Å². The molecule has 0 saturated carbocycles. The number of hydrogen-bond donors (Lipinski definition) is 1. The van der Waals surface area contributed by atoms with Crippen LogP contribution in [0.1, 0.15) is 21.6 Å². The zero-order valence-electron chi connectivity index (χ0n) is 19.1. The van der Waals surface area contributed by atoms with Crippen molar-refractivity contribution < 1.29 is 19.0 Å². The van der Waals surface area contributed by atoms with Gasteiger partial charge in [0, 0.05) is 17.5 Å². The number of benzene rings is 3. The van der Waals surface area contributed by atoms with Crippen LogP contribution in [0.5, 0.6) is 17.2 Å². The van der Waals surface area contributed by atoms with Gasteiger partial charge in [0.05, 0.1) is 14.2 Å². The summed E-state index contributed by atoms with van der Waals surface area (Å²) in [5.41, 5.74) is 3.44. The highest BCUT2D eigenvalue weighted by molar-refractivity contribution is 7.13. The lowest BCUT2D eigenvalue weighted by atomic mass is 10.1. The van der Waals surface area contributed by atoms with Crippen LogP contribution in [0.15, 0.2) is 78.2 Å². The number of aromatic nitrogens is 1. The second-order valence-corrected chi connectivity index (χ2v) is 8.38. The summed E-state index contributed by atoms with van der Waals surface area (Å²) in [4.78, 5) is 17.0. The van der Waals surface area contributed by atoms with Gasteiger partial charge in [-0.25, -0.2) is 4.98 Å². The molecule has 6 nitrogen and oxygen atoms in total. The van der Waals surface area contributed by atoms with Crippen LogP contribution in [0.4, 0.5) is 0 Å². The van der Waals surface area contributed by atoms with Crippen LogP contribution < -0.4 is 19.5 Å². The molecule has 1 heterocycles. The Labute approximate surface area is 203 Å². The summed E-state index contributed by atoms with van der Waals surface area (Å²) < 4.78 is 16.5. The van der Waals surface area contributed by atoms with Crippen molar-refractivity contribution in [3.63, 3.8) is 0 Å². The Morgan fingerprint density at radius 1 is 0.941 bits per heavy atom. The molecule has 174 valence electrons. The van der Waals surface area contributed by atoms with Crippen LogP contribution in [-0.4, -0.2) is 31.7 Å². The summed E-state index contributed by atoms with van der Waals surface area (Å²) in [5.74, 6) is 2.21. The van der Waals surface area contributed by atoms with E-state index in [1.165, 1.54) is 11.3 Å². The molecule has 3 aromatic carbocycles. The number of rotatable bonds is 10. The highest BCUT2D eigenvalue weighted by Gasteiger charge is 2.12. The number of methoxy groups -OCH3 is 2. The normalized spacial score (nSPS) is 10.5. The van der Waals surface area contributed by atoms with Crippen LogP contribution in [0.3, 0.4) is 0 Å². The van der Waals surface area contributed by atoms with E-state index in [0.29, 0.717) is 25.3 Å². The van der Waals surface area contributed by atoms with E-state index in [1.807, 2.05) is 72.8 Å². The number of amides is 1. The van der Waals surface area contributed by atoms with Gasteiger partial charge in [-0.2, -0.15) is 0 Å². The van der Waals surface area contributed by atoms with Crippen LogP contribution in [0.25, 0.3) is 10.6 Å². The molecule has 0 fully saturated rings. The number of para-hydroxylation sites is 1. The quantitative estimate of drug-likeness (QED) is 0.334. The average Bonchev–Trinajstić information content (AvgIpc) is 3.39. The van der Waals surface area contributed by atoms with Gasteiger partial charge in [0.15, 0.2) is 0 Å². The molecule has 7 heteroatoms. The van der Waals surface area contributed by atoms with Crippen molar-refractivity contribution in [3.8, 4) is 27.8 Å². The third-order valence-corrected chi connectivity index (χ3v) is 6.14. The topological polar surface area (TPSA) is 69.7 Å². The number of carbonyl (C=O) groups excluding carboxylic acids is 1. The summed E-state index contributed by atoms with van der Waals surface area (Å²) in [6.45, 7) is 0.957. The minimum absolute atomic E-state index is 0.185. The van der Waals surface area contributed by atoms with E-state index >= 15 is 0 Å². The summed E-state index contributed by atoms with van der Waals surface area (Å²) in [6.07, 6.45) is 0.684. The largest absolute Gasteiger partial charge is 0.497 e. The van der Waals surface area contributed by atoms with Gasteiger partial charge in [0.25, 0.3) is 5.91 Å². The lowest BCUT2D eigenvalue weighted by Crippen LogP contribution is -2.26. The van der Waals surface area contributed by atoms with Gasteiger partial charge < -0.3 is 19.5 Å². The van der Waals surface area contributed by atoms with Gasteiger partial charge >= 0.3 is 0 Å². The van der Waals surface area contributed by atoms with Gasteiger partial charge in [-0.05, 0) is 60.0 Å². The molecular weight excluding hydrogens is 448 g/mol. The molecule has 0 saturated heterocycles. The Morgan fingerprint density at radius 2 is 1.76 bits per heavy atom. The van der Waals surface area contributed by atoms with Gasteiger partial charge in [-0.15, -0.1) is 11.3 Å². The SMILES string of the molecule is COc1cccc(COc2ccc(-c3nc(C(=O)NCCc4ccccc4OC)cs3)cc2)c1. The van der Waals surface area contributed by atoms with Crippen molar-refractivity contribution in [1.29, 1.82) is 0 Å². The van der Waals surface area contributed by atoms with E-state index in [0.717, 1.165) is 38.9 Å². The lowest BCUT2D eigenvalue weighted by molar-refractivity contribution is 0.0950. The Morgan fingerprint density at radius 3 is 2.56 bits per heavy atom. The molecule has 1 amide bonds. The zero-order chi connectivity index (χ0) is 23.8. The number of hydrogen-bond acceptors (Lipinski definition) is 6. The molecular formula is C27H26N2O4S. The first-order valence-corrected chi connectivity index (χ1v) is 11.8. The summed E-state index contributed by atoms with van der Waals surface area (Å²) in [7, 11) is 3.29. The standard InChI is InChI=1S/C27H26N2O4S/c1-31-23-8-5-6-19(16-23)17-33-22-12-10-21(11-13-22)27-29-24(18-34-27)26(30)28-15-14-20-7-3-4-9-25(20)32-2/h3-13,16,18H,14-15,17H2,1-2H3,(H,28,30). The van der Waals surface area contributed by atoms with Crippen molar-refractivity contribution in [2.45, 2.75) is 13.0 Å². The average molecular weight is 475 g/mol. The predicted octanol–water partition coefficient (Wildman–Crippen LogP) is 5.38. The van der Waals surface area contributed by atoms with Crippen molar-refractivity contribution in [2.75, 3.05) is 20.8 Å². The number of thiazole rings is 1. The Bertz CT molecular complexity index is 1240.